The fourth-order valence-electron chi connectivity index (χ4n) is 3.41. The summed E-state index contributed by atoms with van der Waals surface area (Å²) in [5.74, 6) is -0.218. The van der Waals surface area contributed by atoms with Gasteiger partial charge in [0.05, 0.1) is 6.54 Å². The molecule has 0 saturated carbocycles. The minimum absolute atomic E-state index is 0.0417. The molecule has 1 aliphatic rings. The lowest BCUT2D eigenvalue weighted by atomic mass is 9.97. The van der Waals surface area contributed by atoms with Crippen molar-refractivity contribution in [3.8, 4) is 0 Å². The first kappa shape index (κ1) is 20.6. The molecule has 0 saturated heterocycles. The van der Waals surface area contributed by atoms with E-state index >= 15 is 0 Å². The van der Waals surface area contributed by atoms with E-state index in [2.05, 4.69) is 22.0 Å². The smallest absolute Gasteiger partial charge is 0.255 e. The highest BCUT2D eigenvalue weighted by molar-refractivity contribution is 6.05. The van der Waals surface area contributed by atoms with Gasteiger partial charge in [-0.05, 0) is 68.9 Å². The molecule has 0 fully saturated rings. The summed E-state index contributed by atoms with van der Waals surface area (Å²) in [5.41, 5.74) is 4.53. The van der Waals surface area contributed by atoms with Crippen molar-refractivity contribution in [1.29, 1.82) is 0 Å². The van der Waals surface area contributed by atoms with Crippen molar-refractivity contribution in [3.05, 3.63) is 71.3 Å². The first-order chi connectivity index (χ1) is 14.1. The molecule has 5 nitrogen and oxygen atoms in total. The summed E-state index contributed by atoms with van der Waals surface area (Å²) in [5, 5.41) is 9.00. The van der Waals surface area contributed by atoms with Crippen molar-refractivity contribution in [2.75, 3.05) is 23.7 Å². The number of amides is 2. The fraction of sp³-hybridized carbons (Fsp3) is 0.333. The van der Waals surface area contributed by atoms with Gasteiger partial charge in [0.15, 0.2) is 0 Å². The molecule has 0 bridgehead atoms. The minimum Gasteiger partial charge on any atom is -0.376 e. The lowest BCUT2D eigenvalue weighted by Gasteiger charge is -2.14. The van der Waals surface area contributed by atoms with Crippen LogP contribution in [-0.2, 0) is 4.79 Å². The SMILES string of the molecule is Cc1ccc(C(=O)Nc2ccccc2)cc1NCC(=O)NCCC1=CCCCC1. The normalized spacial score (nSPS) is 13.3. The Morgan fingerprint density at radius 3 is 2.62 bits per heavy atom. The summed E-state index contributed by atoms with van der Waals surface area (Å²) in [7, 11) is 0. The zero-order chi connectivity index (χ0) is 20.5. The third-order valence-electron chi connectivity index (χ3n) is 5.12. The minimum atomic E-state index is -0.176. The Hall–Kier alpha value is -3.08. The van der Waals surface area contributed by atoms with E-state index < -0.39 is 0 Å². The first-order valence-electron chi connectivity index (χ1n) is 10.3. The van der Waals surface area contributed by atoms with E-state index in [4.69, 9.17) is 0 Å². The predicted octanol–water partition coefficient (Wildman–Crippen LogP) is 4.67. The molecule has 2 amide bonds. The van der Waals surface area contributed by atoms with Crippen LogP contribution >= 0.6 is 0 Å². The number of allylic oxidation sites excluding steroid dienone is 1. The van der Waals surface area contributed by atoms with Gasteiger partial charge in [-0.2, -0.15) is 0 Å². The monoisotopic (exact) mass is 391 g/mol. The average Bonchev–Trinajstić information content (AvgIpc) is 2.74. The number of aryl methyl sites for hydroxylation is 1. The van der Waals surface area contributed by atoms with E-state index in [9.17, 15) is 9.59 Å². The van der Waals surface area contributed by atoms with Crippen molar-refractivity contribution >= 4 is 23.2 Å². The molecule has 0 atom stereocenters. The molecule has 0 heterocycles. The molecular formula is C24H29N3O2. The molecule has 0 aliphatic heterocycles. The van der Waals surface area contributed by atoms with Crippen LogP contribution in [0.4, 0.5) is 11.4 Å². The molecule has 152 valence electrons. The summed E-state index contributed by atoms with van der Waals surface area (Å²) < 4.78 is 0. The second kappa shape index (κ2) is 10.5. The lowest BCUT2D eigenvalue weighted by Crippen LogP contribution is -2.31. The van der Waals surface area contributed by atoms with Gasteiger partial charge in [0.25, 0.3) is 5.91 Å². The third kappa shape index (κ3) is 6.49. The van der Waals surface area contributed by atoms with E-state index in [0.29, 0.717) is 12.1 Å². The van der Waals surface area contributed by atoms with Crippen LogP contribution in [0.15, 0.2) is 60.2 Å². The Labute approximate surface area is 172 Å². The van der Waals surface area contributed by atoms with Gasteiger partial charge >= 0.3 is 0 Å². The molecule has 0 spiro atoms. The molecule has 0 radical (unpaired) electrons. The van der Waals surface area contributed by atoms with E-state index in [1.807, 2.05) is 43.3 Å². The molecule has 1 aliphatic carbocycles. The fourth-order valence-corrected chi connectivity index (χ4v) is 3.41. The highest BCUT2D eigenvalue weighted by Gasteiger charge is 2.10. The highest BCUT2D eigenvalue weighted by atomic mass is 16.2. The van der Waals surface area contributed by atoms with Crippen molar-refractivity contribution in [3.63, 3.8) is 0 Å². The molecule has 2 aromatic carbocycles. The summed E-state index contributed by atoms with van der Waals surface area (Å²) in [6.07, 6.45) is 8.10. The standard InChI is InChI=1S/C24H29N3O2/c1-18-12-13-20(24(29)27-21-10-6-3-7-11-21)16-22(18)26-17-23(28)25-15-14-19-8-4-2-5-9-19/h3,6-8,10-13,16,26H,2,4-5,9,14-15,17H2,1H3,(H,25,28)(H,27,29). The summed E-state index contributed by atoms with van der Waals surface area (Å²) in [4.78, 5) is 24.6. The maximum atomic E-state index is 12.5. The van der Waals surface area contributed by atoms with Crippen molar-refractivity contribution < 1.29 is 9.59 Å². The first-order valence-corrected chi connectivity index (χ1v) is 10.3. The summed E-state index contributed by atoms with van der Waals surface area (Å²) in [6.45, 7) is 2.81. The van der Waals surface area contributed by atoms with Crippen LogP contribution in [0.3, 0.4) is 0 Å². The number of hydrogen-bond donors (Lipinski definition) is 3. The van der Waals surface area contributed by atoms with Crippen LogP contribution in [-0.4, -0.2) is 24.9 Å². The summed E-state index contributed by atoms with van der Waals surface area (Å²) in [6, 6.07) is 14.8. The van der Waals surface area contributed by atoms with Crippen molar-refractivity contribution in [2.45, 2.75) is 39.0 Å². The predicted molar refractivity (Wildman–Crippen MR) is 118 cm³/mol. The largest absolute Gasteiger partial charge is 0.376 e. The van der Waals surface area contributed by atoms with Gasteiger partial charge in [0, 0.05) is 23.5 Å². The number of para-hydroxylation sites is 1. The Bertz CT molecular complexity index is 875. The molecule has 0 unspecified atom stereocenters. The van der Waals surface area contributed by atoms with Crippen LogP contribution in [0, 0.1) is 6.92 Å². The van der Waals surface area contributed by atoms with E-state index in [-0.39, 0.29) is 18.4 Å². The zero-order valence-corrected chi connectivity index (χ0v) is 17.0. The Morgan fingerprint density at radius 1 is 1.03 bits per heavy atom. The van der Waals surface area contributed by atoms with Crippen LogP contribution in [0.5, 0.6) is 0 Å². The highest BCUT2D eigenvalue weighted by Crippen LogP contribution is 2.20. The van der Waals surface area contributed by atoms with E-state index in [1.54, 1.807) is 12.1 Å². The van der Waals surface area contributed by atoms with Crippen LogP contribution in [0.2, 0.25) is 0 Å². The molecule has 3 rings (SSSR count). The Morgan fingerprint density at radius 2 is 1.86 bits per heavy atom. The van der Waals surface area contributed by atoms with Gasteiger partial charge in [-0.25, -0.2) is 0 Å². The van der Waals surface area contributed by atoms with Gasteiger partial charge in [0.2, 0.25) is 5.91 Å². The molecule has 5 heteroatoms. The Kier molecular flexibility index (Phi) is 7.45. The maximum absolute atomic E-state index is 12.5. The number of rotatable bonds is 8. The van der Waals surface area contributed by atoms with E-state index in [0.717, 1.165) is 36.2 Å². The molecular weight excluding hydrogens is 362 g/mol. The number of hydrogen-bond acceptors (Lipinski definition) is 3. The molecule has 3 N–H and O–H groups in total. The molecule has 29 heavy (non-hydrogen) atoms. The van der Waals surface area contributed by atoms with Gasteiger partial charge in [0.1, 0.15) is 0 Å². The lowest BCUT2D eigenvalue weighted by molar-refractivity contribution is -0.119. The second-order valence-corrected chi connectivity index (χ2v) is 7.41. The number of anilines is 2. The quantitative estimate of drug-likeness (QED) is 0.573. The van der Waals surface area contributed by atoms with Crippen molar-refractivity contribution in [1.82, 2.24) is 5.32 Å². The van der Waals surface area contributed by atoms with Gasteiger partial charge < -0.3 is 16.0 Å². The average molecular weight is 392 g/mol. The number of nitrogens with one attached hydrogen (secondary N) is 3. The molecule has 2 aromatic rings. The van der Waals surface area contributed by atoms with Gasteiger partial charge in [-0.1, -0.05) is 35.9 Å². The second-order valence-electron chi connectivity index (χ2n) is 7.41. The summed E-state index contributed by atoms with van der Waals surface area (Å²) >= 11 is 0. The van der Waals surface area contributed by atoms with Crippen LogP contribution in [0.1, 0.15) is 48.0 Å². The van der Waals surface area contributed by atoms with Crippen molar-refractivity contribution in [2.24, 2.45) is 0 Å². The van der Waals surface area contributed by atoms with E-state index in [1.165, 1.54) is 18.4 Å². The number of carbonyl (C=O) groups excluding carboxylic acids is 2. The van der Waals surface area contributed by atoms with Crippen LogP contribution < -0.4 is 16.0 Å². The number of benzene rings is 2. The third-order valence-corrected chi connectivity index (χ3v) is 5.12. The zero-order valence-electron chi connectivity index (χ0n) is 17.0. The topological polar surface area (TPSA) is 70.2 Å². The van der Waals surface area contributed by atoms with Gasteiger partial charge in [-0.15, -0.1) is 0 Å². The number of carbonyl (C=O) groups is 2. The van der Waals surface area contributed by atoms with Crippen LogP contribution in [0.25, 0.3) is 0 Å². The maximum Gasteiger partial charge on any atom is 0.255 e. The Balaban J connectivity index is 1.49. The van der Waals surface area contributed by atoms with Gasteiger partial charge in [-0.3, -0.25) is 9.59 Å². The molecule has 0 aromatic heterocycles.